The number of carbonyl (C=O) groups is 2. The van der Waals surface area contributed by atoms with Gasteiger partial charge < -0.3 is 16.0 Å². The number of hydrogen-bond acceptors (Lipinski definition) is 2. The molecule has 3 N–H and O–H groups in total. The normalized spacial score (nSPS) is 18.0. The zero-order chi connectivity index (χ0) is 15.9. The molecule has 0 bridgehead atoms. The number of piperidine rings is 1. The molecule has 0 radical (unpaired) electrons. The Labute approximate surface area is 129 Å². The van der Waals surface area contributed by atoms with Crippen molar-refractivity contribution in [3.8, 4) is 0 Å². The third-order valence-corrected chi connectivity index (χ3v) is 3.96. The van der Waals surface area contributed by atoms with E-state index < -0.39 is 6.03 Å². The van der Waals surface area contributed by atoms with Crippen molar-refractivity contribution >= 4 is 11.9 Å². The molecule has 6 heteroatoms. The highest BCUT2D eigenvalue weighted by Gasteiger charge is 2.26. The van der Waals surface area contributed by atoms with Gasteiger partial charge in [0.1, 0.15) is 5.82 Å². The predicted octanol–water partition coefficient (Wildman–Crippen LogP) is 1.67. The molecular formula is C16H22FN3O2. The summed E-state index contributed by atoms with van der Waals surface area (Å²) < 4.78 is 12.8. The molecule has 0 unspecified atom stereocenters. The van der Waals surface area contributed by atoms with Crippen LogP contribution in [0, 0.1) is 11.7 Å². The molecule has 0 saturated carbocycles. The van der Waals surface area contributed by atoms with Gasteiger partial charge in [-0.15, -0.1) is 0 Å². The lowest BCUT2D eigenvalue weighted by atomic mass is 9.97. The van der Waals surface area contributed by atoms with E-state index in [9.17, 15) is 14.0 Å². The first kappa shape index (κ1) is 16.3. The number of aryl methyl sites for hydroxylation is 1. The molecule has 5 nitrogen and oxygen atoms in total. The number of nitrogens with two attached hydrogens (primary N) is 1. The van der Waals surface area contributed by atoms with Gasteiger partial charge in [-0.25, -0.2) is 9.18 Å². The smallest absolute Gasteiger partial charge is 0.314 e. The number of primary amides is 1. The maximum absolute atomic E-state index is 12.8. The van der Waals surface area contributed by atoms with Crippen LogP contribution in [0.2, 0.25) is 0 Å². The molecule has 1 aromatic rings. The van der Waals surface area contributed by atoms with Crippen LogP contribution in [0.1, 0.15) is 24.8 Å². The fourth-order valence-electron chi connectivity index (χ4n) is 2.69. The van der Waals surface area contributed by atoms with Crippen molar-refractivity contribution < 1.29 is 14.0 Å². The quantitative estimate of drug-likeness (QED) is 0.812. The van der Waals surface area contributed by atoms with Crippen LogP contribution in [0.25, 0.3) is 0 Å². The highest BCUT2D eigenvalue weighted by molar-refractivity contribution is 5.80. The molecule has 120 valence electrons. The fraction of sp³-hybridized carbons (Fsp3) is 0.500. The summed E-state index contributed by atoms with van der Waals surface area (Å²) in [5.41, 5.74) is 6.30. The van der Waals surface area contributed by atoms with Crippen molar-refractivity contribution in [3.63, 3.8) is 0 Å². The van der Waals surface area contributed by atoms with Gasteiger partial charge in [0, 0.05) is 19.6 Å². The highest BCUT2D eigenvalue weighted by Crippen LogP contribution is 2.16. The van der Waals surface area contributed by atoms with Crippen molar-refractivity contribution in [2.45, 2.75) is 25.7 Å². The van der Waals surface area contributed by atoms with Gasteiger partial charge >= 0.3 is 6.03 Å². The Morgan fingerprint density at radius 2 is 2.05 bits per heavy atom. The minimum absolute atomic E-state index is 0.0231. The number of carbonyl (C=O) groups excluding carboxylic acids is 2. The van der Waals surface area contributed by atoms with E-state index in [0.29, 0.717) is 19.6 Å². The van der Waals surface area contributed by atoms with E-state index in [1.54, 1.807) is 12.1 Å². The molecule has 2 rings (SSSR count). The topological polar surface area (TPSA) is 75.4 Å². The number of nitrogens with zero attached hydrogens (tertiary/aromatic N) is 1. The van der Waals surface area contributed by atoms with Gasteiger partial charge in [-0.3, -0.25) is 4.79 Å². The van der Waals surface area contributed by atoms with E-state index in [4.69, 9.17) is 5.73 Å². The summed E-state index contributed by atoms with van der Waals surface area (Å²) in [5, 5.41) is 2.90. The first-order chi connectivity index (χ1) is 10.6. The Bertz CT molecular complexity index is 519. The van der Waals surface area contributed by atoms with Gasteiger partial charge in [0.2, 0.25) is 5.91 Å². The van der Waals surface area contributed by atoms with Crippen LogP contribution in [0.15, 0.2) is 24.3 Å². The van der Waals surface area contributed by atoms with Gasteiger partial charge in [0.05, 0.1) is 5.92 Å². The number of urea groups is 1. The Hall–Kier alpha value is -2.11. The van der Waals surface area contributed by atoms with Crippen molar-refractivity contribution in [2.24, 2.45) is 11.7 Å². The standard InChI is InChI=1S/C16H22FN3O2/c17-14-7-5-12(6-8-14)3-1-9-19-15(21)13-4-2-10-20(11-13)16(18)22/h5-8,13H,1-4,9-11H2,(H2,18,22)(H,19,21)/t13-/m0/s1. The summed E-state index contributed by atoms with van der Waals surface area (Å²) in [7, 11) is 0. The average Bonchev–Trinajstić information content (AvgIpc) is 2.53. The van der Waals surface area contributed by atoms with Crippen LogP contribution in [-0.4, -0.2) is 36.5 Å². The molecule has 1 aliphatic heterocycles. The maximum Gasteiger partial charge on any atom is 0.314 e. The second-order valence-electron chi connectivity index (χ2n) is 5.64. The lowest BCUT2D eigenvalue weighted by Crippen LogP contribution is -2.47. The van der Waals surface area contributed by atoms with E-state index in [-0.39, 0.29) is 17.6 Å². The predicted molar refractivity (Wildman–Crippen MR) is 81.6 cm³/mol. The number of halogens is 1. The van der Waals surface area contributed by atoms with Crippen LogP contribution in [0.5, 0.6) is 0 Å². The fourth-order valence-corrected chi connectivity index (χ4v) is 2.69. The number of likely N-dealkylation sites (tertiary alicyclic amines) is 1. The highest BCUT2D eigenvalue weighted by atomic mass is 19.1. The molecule has 1 atom stereocenters. The van der Waals surface area contributed by atoms with Crippen LogP contribution in [0.4, 0.5) is 9.18 Å². The summed E-state index contributed by atoms with van der Waals surface area (Å²) in [5.74, 6) is -0.439. The second-order valence-corrected chi connectivity index (χ2v) is 5.64. The summed E-state index contributed by atoms with van der Waals surface area (Å²) in [4.78, 5) is 24.8. The van der Waals surface area contributed by atoms with Gasteiger partial charge in [0.25, 0.3) is 0 Å². The number of rotatable bonds is 5. The van der Waals surface area contributed by atoms with E-state index in [2.05, 4.69) is 5.32 Å². The maximum atomic E-state index is 12.8. The zero-order valence-corrected chi connectivity index (χ0v) is 12.6. The van der Waals surface area contributed by atoms with Gasteiger partial charge in [0.15, 0.2) is 0 Å². The molecule has 1 aromatic carbocycles. The van der Waals surface area contributed by atoms with Crippen LogP contribution in [-0.2, 0) is 11.2 Å². The number of amides is 3. The van der Waals surface area contributed by atoms with E-state index in [1.165, 1.54) is 17.0 Å². The molecule has 22 heavy (non-hydrogen) atoms. The first-order valence-electron chi connectivity index (χ1n) is 7.63. The Morgan fingerprint density at radius 3 is 2.73 bits per heavy atom. The zero-order valence-electron chi connectivity index (χ0n) is 12.6. The average molecular weight is 307 g/mol. The summed E-state index contributed by atoms with van der Waals surface area (Å²) in [6.07, 6.45) is 3.17. The van der Waals surface area contributed by atoms with Crippen LogP contribution < -0.4 is 11.1 Å². The number of nitrogens with one attached hydrogen (secondary N) is 1. The summed E-state index contributed by atoms with van der Waals surface area (Å²) in [6.45, 7) is 1.60. The number of hydrogen-bond donors (Lipinski definition) is 2. The van der Waals surface area contributed by atoms with Crippen LogP contribution in [0.3, 0.4) is 0 Å². The van der Waals surface area contributed by atoms with E-state index >= 15 is 0 Å². The second kappa shape index (κ2) is 7.77. The van der Waals surface area contributed by atoms with Crippen molar-refractivity contribution in [1.29, 1.82) is 0 Å². The van der Waals surface area contributed by atoms with E-state index in [0.717, 1.165) is 31.2 Å². The Balaban J connectivity index is 1.69. The Kier molecular flexibility index (Phi) is 5.75. The molecule has 0 spiro atoms. The summed E-state index contributed by atoms with van der Waals surface area (Å²) in [6, 6.07) is 5.92. The third kappa shape index (κ3) is 4.72. The molecule has 0 aromatic heterocycles. The molecular weight excluding hydrogens is 285 g/mol. The first-order valence-corrected chi connectivity index (χ1v) is 7.63. The van der Waals surface area contributed by atoms with Gasteiger partial charge in [-0.1, -0.05) is 12.1 Å². The third-order valence-electron chi connectivity index (χ3n) is 3.96. The monoisotopic (exact) mass is 307 g/mol. The molecule has 1 aliphatic rings. The molecule has 1 saturated heterocycles. The molecule has 1 heterocycles. The van der Waals surface area contributed by atoms with Crippen molar-refractivity contribution in [2.75, 3.05) is 19.6 Å². The van der Waals surface area contributed by atoms with Gasteiger partial charge in [-0.2, -0.15) is 0 Å². The van der Waals surface area contributed by atoms with Crippen LogP contribution >= 0.6 is 0 Å². The van der Waals surface area contributed by atoms with Crippen molar-refractivity contribution in [1.82, 2.24) is 10.2 Å². The minimum Gasteiger partial charge on any atom is -0.356 e. The minimum atomic E-state index is -0.464. The molecule has 0 aliphatic carbocycles. The van der Waals surface area contributed by atoms with Gasteiger partial charge in [-0.05, 0) is 43.4 Å². The Morgan fingerprint density at radius 1 is 1.32 bits per heavy atom. The lowest BCUT2D eigenvalue weighted by Gasteiger charge is -2.30. The molecule has 3 amide bonds. The summed E-state index contributed by atoms with van der Waals surface area (Å²) >= 11 is 0. The lowest BCUT2D eigenvalue weighted by molar-refractivity contribution is -0.126. The van der Waals surface area contributed by atoms with Crippen molar-refractivity contribution in [3.05, 3.63) is 35.6 Å². The largest absolute Gasteiger partial charge is 0.356 e. The number of benzene rings is 1. The SMILES string of the molecule is NC(=O)N1CCC[C@H](C(=O)NCCCc2ccc(F)cc2)C1. The molecule has 1 fully saturated rings. The van der Waals surface area contributed by atoms with E-state index in [1.807, 2.05) is 0 Å².